The SMILES string of the molecule is CCCC(O)C(CCCCO)C(C)=O. The third-order valence-electron chi connectivity index (χ3n) is 2.49. The normalized spacial score (nSPS) is 15.1. The van der Waals surface area contributed by atoms with Gasteiger partial charge in [-0.1, -0.05) is 19.8 Å². The van der Waals surface area contributed by atoms with Crippen molar-refractivity contribution >= 4 is 5.78 Å². The van der Waals surface area contributed by atoms with E-state index in [1.807, 2.05) is 6.92 Å². The minimum atomic E-state index is -0.504. The number of hydrogen-bond acceptors (Lipinski definition) is 3. The summed E-state index contributed by atoms with van der Waals surface area (Å²) in [5.41, 5.74) is 0. The minimum Gasteiger partial charge on any atom is -0.396 e. The highest BCUT2D eigenvalue weighted by molar-refractivity contribution is 5.78. The second-order valence-corrected chi connectivity index (χ2v) is 3.79. The van der Waals surface area contributed by atoms with Gasteiger partial charge in [-0.15, -0.1) is 0 Å². The van der Waals surface area contributed by atoms with Gasteiger partial charge < -0.3 is 10.2 Å². The van der Waals surface area contributed by atoms with Gasteiger partial charge in [-0.25, -0.2) is 0 Å². The number of rotatable bonds is 8. The molecule has 2 N–H and O–H groups in total. The summed E-state index contributed by atoms with van der Waals surface area (Å²) in [7, 11) is 0. The molecule has 0 aromatic heterocycles. The lowest BCUT2D eigenvalue weighted by molar-refractivity contribution is -0.124. The van der Waals surface area contributed by atoms with E-state index >= 15 is 0 Å². The molecule has 0 saturated carbocycles. The van der Waals surface area contributed by atoms with E-state index in [4.69, 9.17) is 5.11 Å². The standard InChI is InChI=1S/C11H22O3/c1-3-6-11(14)10(9(2)13)7-4-5-8-12/h10-12,14H,3-8H2,1-2H3. The largest absolute Gasteiger partial charge is 0.396 e. The van der Waals surface area contributed by atoms with Crippen molar-refractivity contribution in [1.82, 2.24) is 0 Å². The second-order valence-electron chi connectivity index (χ2n) is 3.79. The Bertz CT molecular complexity index is 157. The van der Waals surface area contributed by atoms with Crippen LogP contribution in [0, 0.1) is 5.92 Å². The molecule has 14 heavy (non-hydrogen) atoms. The van der Waals surface area contributed by atoms with E-state index in [0.29, 0.717) is 19.3 Å². The molecule has 0 heterocycles. The first kappa shape index (κ1) is 13.6. The topological polar surface area (TPSA) is 57.5 Å². The van der Waals surface area contributed by atoms with Gasteiger partial charge in [0.05, 0.1) is 6.10 Å². The van der Waals surface area contributed by atoms with Gasteiger partial charge in [0.25, 0.3) is 0 Å². The number of Topliss-reactive ketones (excluding diaryl/α,β-unsaturated/α-hetero) is 1. The molecule has 3 heteroatoms. The molecule has 0 aromatic carbocycles. The molecule has 2 unspecified atom stereocenters. The average Bonchev–Trinajstić information content (AvgIpc) is 2.12. The molecular weight excluding hydrogens is 180 g/mol. The summed E-state index contributed by atoms with van der Waals surface area (Å²) in [4.78, 5) is 11.2. The third-order valence-corrected chi connectivity index (χ3v) is 2.49. The van der Waals surface area contributed by atoms with Crippen LogP contribution >= 0.6 is 0 Å². The first-order valence-electron chi connectivity index (χ1n) is 5.42. The Balaban J connectivity index is 3.94. The molecule has 0 amide bonds. The number of ketones is 1. The monoisotopic (exact) mass is 202 g/mol. The van der Waals surface area contributed by atoms with Crippen molar-refractivity contribution in [2.24, 2.45) is 5.92 Å². The lowest BCUT2D eigenvalue weighted by atomic mass is 9.90. The summed E-state index contributed by atoms with van der Waals surface area (Å²) in [5.74, 6) is -0.176. The highest BCUT2D eigenvalue weighted by Crippen LogP contribution is 2.17. The number of hydrogen-bond donors (Lipinski definition) is 2. The van der Waals surface area contributed by atoms with E-state index in [1.165, 1.54) is 6.92 Å². The van der Waals surface area contributed by atoms with Crippen LogP contribution in [0.25, 0.3) is 0 Å². The zero-order valence-electron chi connectivity index (χ0n) is 9.20. The number of aliphatic hydroxyl groups is 2. The molecule has 0 bridgehead atoms. The lowest BCUT2D eigenvalue weighted by Crippen LogP contribution is -2.26. The van der Waals surface area contributed by atoms with Crippen LogP contribution < -0.4 is 0 Å². The summed E-state index contributed by atoms with van der Waals surface area (Å²) in [6.45, 7) is 3.69. The van der Waals surface area contributed by atoms with Gasteiger partial charge >= 0.3 is 0 Å². The van der Waals surface area contributed by atoms with Gasteiger partial charge in [0, 0.05) is 12.5 Å². The molecule has 0 spiro atoms. The lowest BCUT2D eigenvalue weighted by Gasteiger charge is -2.19. The number of carbonyl (C=O) groups is 1. The average molecular weight is 202 g/mol. The molecular formula is C11H22O3. The smallest absolute Gasteiger partial charge is 0.135 e. The number of carbonyl (C=O) groups excluding carboxylic acids is 1. The fourth-order valence-electron chi connectivity index (χ4n) is 1.64. The van der Waals surface area contributed by atoms with Crippen LogP contribution in [-0.2, 0) is 4.79 Å². The summed E-state index contributed by atoms with van der Waals surface area (Å²) in [5, 5.41) is 18.3. The fraction of sp³-hybridized carbons (Fsp3) is 0.909. The van der Waals surface area contributed by atoms with E-state index in [1.54, 1.807) is 0 Å². The summed E-state index contributed by atoms with van der Waals surface area (Å²) >= 11 is 0. The highest BCUT2D eigenvalue weighted by atomic mass is 16.3. The fourth-order valence-corrected chi connectivity index (χ4v) is 1.64. The van der Waals surface area contributed by atoms with Crippen LogP contribution in [0.4, 0.5) is 0 Å². The van der Waals surface area contributed by atoms with Gasteiger partial charge in [-0.3, -0.25) is 4.79 Å². The molecule has 0 rings (SSSR count). The van der Waals surface area contributed by atoms with Crippen LogP contribution in [0.15, 0.2) is 0 Å². The zero-order chi connectivity index (χ0) is 11.0. The Labute approximate surface area is 86.1 Å². The Kier molecular flexibility index (Phi) is 7.71. The number of unbranched alkanes of at least 4 members (excludes halogenated alkanes) is 1. The Morgan fingerprint density at radius 1 is 1.29 bits per heavy atom. The molecule has 0 aliphatic carbocycles. The van der Waals surface area contributed by atoms with Crippen molar-refractivity contribution in [2.75, 3.05) is 6.61 Å². The quantitative estimate of drug-likeness (QED) is 0.587. The van der Waals surface area contributed by atoms with Gasteiger partial charge in [-0.05, 0) is 26.2 Å². The number of aliphatic hydroxyl groups excluding tert-OH is 2. The molecule has 2 atom stereocenters. The molecule has 84 valence electrons. The highest BCUT2D eigenvalue weighted by Gasteiger charge is 2.22. The third kappa shape index (κ3) is 5.35. The maximum atomic E-state index is 11.2. The Morgan fingerprint density at radius 3 is 2.36 bits per heavy atom. The van der Waals surface area contributed by atoms with Gasteiger partial charge in [0.1, 0.15) is 5.78 Å². The second kappa shape index (κ2) is 7.94. The van der Waals surface area contributed by atoms with E-state index in [-0.39, 0.29) is 18.3 Å². The molecule has 0 fully saturated rings. The molecule has 0 radical (unpaired) electrons. The predicted molar refractivity (Wildman–Crippen MR) is 56.0 cm³/mol. The molecule has 3 nitrogen and oxygen atoms in total. The van der Waals surface area contributed by atoms with Gasteiger partial charge in [0.15, 0.2) is 0 Å². The van der Waals surface area contributed by atoms with E-state index in [0.717, 1.165) is 12.8 Å². The Morgan fingerprint density at radius 2 is 1.93 bits per heavy atom. The maximum Gasteiger partial charge on any atom is 0.135 e. The molecule has 0 aromatic rings. The van der Waals surface area contributed by atoms with Gasteiger partial charge in [-0.2, -0.15) is 0 Å². The van der Waals surface area contributed by atoms with Crippen molar-refractivity contribution in [1.29, 1.82) is 0 Å². The maximum absolute atomic E-state index is 11.2. The first-order valence-corrected chi connectivity index (χ1v) is 5.42. The summed E-state index contributed by atoms with van der Waals surface area (Å²) in [6, 6.07) is 0. The summed E-state index contributed by atoms with van der Waals surface area (Å²) < 4.78 is 0. The van der Waals surface area contributed by atoms with E-state index in [9.17, 15) is 9.90 Å². The van der Waals surface area contributed by atoms with Crippen molar-refractivity contribution < 1.29 is 15.0 Å². The van der Waals surface area contributed by atoms with Crippen LogP contribution in [0.2, 0.25) is 0 Å². The van der Waals surface area contributed by atoms with E-state index in [2.05, 4.69) is 0 Å². The van der Waals surface area contributed by atoms with Crippen LogP contribution in [0.3, 0.4) is 0 Å². The molecule has 0 aliphatic heterocycles. The van der Waals surface area contributed by atoms with Crippen molar-refractivity contribution in [2.45, 2.75) is 52.1 Å². The molecule has 0 aliphatic rings. The van der Waals surface area contributed by atoms with Crippen molar-refractivity contribution in [3.63, 3.8) is 0 Å². The van der Waals surface area contributed by atoms with Crippen LogP contribution in [-0.4, -0.2) is 28.7 Å². The first-order chi connectivity index (χ1) is 6.63. The summed E-state index contributed by atoms with van der Waals surface area (Å²) in [6.07, 6.45) is 3.28. The zero-order valence-corrected chi connectivity index (χ0v) is 9.20. The van der Waals surface area contributed by atoms with Crippen LogP contribution in [0.5, 0.6) is 0 Å². The predicted octanol–water partition coefficient (Wildman–Crippen LogP) is 1.52. The van der Waals surface area contributed by atoms with Crippen LogP contribution in [0.1, 0.15) is 46.0 Å². The van der Waals surface area contributed by atoms with E-state index < -0.39 is 6.10 Å². The van der Waals surface area contributed by atoms with Gasteiger partial charge in [0.2, 0.25) is 0 Å². The molecule has 0 saturated heterocycles. The van der Waals surface area contributed by atoms with Crippen molar-refractivity contribution in [3.05, 3.63) is 0 Å². The minimum absolute atomic E-state index is 0.0592. The Hall–Kier alpha value is -0.410. The van der Waals surface area contributed by atoms with Crippen molar-refractivity contribution in [3.8, 4) is 0 Å².